The van der Waals surface area contributed by atoms with Gasteiger partial charge in [0.25, 0.3) is 5.91 Å². The van der Waals surface area contributed by atoms with Gasteiger partial charge < -0.3 is 15.7 Å². The number of aromatic nitrogens is 1. The average Bonchev–Trinajstić information content (AvgIpc) is 2.43. The van der Waals surface area contributed by atoms with Gasteiger partial charge in [-0.05, 0) is 12.1 Å². The Hall–Kier alpha value is -2.44. The first-order chi connectivity index (χ1) is 9.41. The summed E-state index contributed by atoms with van der Waals surface area (Å²) >= 11 is 0. The molecule has 108 valence electrons. The van der Waals surface area contributed by atoms with Crippen LogP contribution in [0.4, 0.5) is 0 Å². The van der Waals surface area contributed by atoms with Crippen LogP contribution in [0.3, 0.4) is 0 Å². The van der Waals surface area contributed by atoms with Gasteiger partial charge in [-0.2, -0.15) is 0 Å². The molecule has 0 saturated heterocycles. The molecular formula is C13H17N3O4. The van der Waals surface area contributed by atoms with Gasteiger partial charge in [0.1, 0.15) is 5.69 Å². The predicted octanol–water partition coefficient (Wildman–Crippen LogP) is 0.282. The molecule has 0 aliphatic heterocycles. The molecule has 1 heterocycles. The van der Waals surface area contributed by atoms with E-state index >= 15 is 0 Å². The third kappa shape index (κ3) is 4.68. The van der Waals surface area contributed by atoms with E-state index in [1.54, 1.807) is 13.8 Å². The van der Waals surface area contributed by atoms with E-state index in [9.17, 15) is 14.4 Å². The van der Waals surface area contributed by atoms with Crippen molar-refractivity contribution in [1.82, 2.24) is 15.6 Å². The van der Waals surface area contributed by atoms with E-state index in [4.69, 9.17) is 5.11 Å². The van der Waals surface area contributed by atoms with Crippen molar-refractivity contribution in [1.29, 1.82) is 0 Å². The van der Waals surface area contributed by atoms with Gasteiger partial charge in [-0.1, -0.05) is 13.8 Å². The Morgan fingerprint density at radius 1 is 1.25 bits per heavy atom. The number of aromatic carboxylic acids is 1. The first-order valence-corrected chi connectivity index (χ1v) is 6.17. The van der Waals surface area contributed by atoms with Gasteiger partial charge >= 0.3 is 5.97 Å². The van der Waals surface area contributed by atoms with Gasteiger partial charge in [-0.3, -0.25) is 9.59 Å². The quantitative estimate of drug-likeness (QED) is 0.648. The molecule has 0 spiro atoms. The van der Waals surface area contributed by atoms with Crippen LogP contribution >= 0.6 is 0 Å². The third-order valence-corrected chi connectivity index (χ3v) is 2.48. The van der Waals surface area contributed by atoms with Crippen LogP contribution in [0.2, 0.25) is 0 Å². The van der Waals surface area contributed by atoms with E-state index < -0.39 is 11.9 Å². The molecule has 0 saturated carbocycles. The van der Waals surface area contributed by atoms with Gasteiger partial charge in [0, 0.05) is 30.8 Å². The molecule has 2 amide bonds. The molecule has 7 heteroatoms. The summed E-state index contributed by atoms with van der Waals surface area (Å²) in [5, 5.41) is 14.0. The molecule has 1 aromatic heterocycles. The number of amides is 2. The fourth-order valence-electron chi connectivity index (χ4n) is 1.36. The maximum absolute atomic E-state index is 11.8. The van der Waals surface area contributed by atoms with Crippen LogP contribution in [-0.4, -0.2) is 41.0 Å². The van der Waals surface area contributed by atoms with Crippen molar-refractivity contribution in [3.8, 4) is 0 Å². The van der Waals surface area contributed by atoms with Crippen LogP contribution in [0.15, 0.2) is 18.3 Å². The Kier molecular flexibility index (Phi) is 5.64. The fraction of sp³-hybridized carbons (Fsp3) is 0.385. The zero-order chi connectivity index (χ0) is 15.1. The molecule has 0 radical (unpaired) electrons. The molecule has 0 aliphatic carbocycles. The van der Waals surface area contributed by atoms with E-state index in [2.05, 4.69) is 15.6 Å². The Labute approximate surface area is 116 Å². The molecule has 1 aromatic rings. The topological polar surface area (TPSA) is 108 Å². The highest BCUT2D eigenvalue weighted by Gasteiger charge is 2.10. The second kappa shape index (κ2) is 7.22. The molecule has 0 fully saturated rings. The molecule has 1 rings (SSSR count). The molecule has 0 bridgehead atoms. The summed E-state index contributed by atoms with van der Waals surface area (Å²) in [5.74, 6) is -1.79. The Morgan fingerprint density at radius 3 is 2.50 bits per heavy atom. The zero-order valence-corrected chi connectivity index (χ0v) is 11.3. The first kappa shape index (κ1) is 15.6. The standard InChI is InChI=1S/C13H17N3O4/c1-8(2)11(17)15-5-6-16-12(18)9-3-4-14-10(7-9)13(19)20/h3-4,7-8H,5-6H2,1-2H3,(H,15,17)(H,16,18)(H,19,20). The highest BCUT2D eigenvalue weighted by molar-refractivity contribution is 5.96. The van der Waals surface area contributed by atoms with Gasteiger partial charge in [0.15, 0.2) is 0 Å². The highest BCUT2D eigenvalue weighted by atomic mass is 16.4. The van der Waals surface area contributed by atoms with Crippen LogP contribution in [0.5, 0.6) is 0 Å². The van der Waals surface area contributed by atoms with Crippen molar-refractivity contribution < 1.29 is 19.5 Å². The van der Waals surface area contributed by atoms with Crippen molar-refractivity contribution in [2.45, 2.75) is 13.8 Å². The lowest BCUT2D eigenvalue weighted by atomic mass is 10.2. The monoisotopic (exact) mass is 279 g/mol. The minimum Gasteiger partial charge on any atom is -0.477 e. The summed E-state index contributed by atoms with van der Waals surface area (Å²) in [6.45, 7) is 4.14. The van der Waals surface area contributed by atoms with E-state index in [0.717, 1.165) is 0 Å². The number of carbonyl (C=O) groups is 3. The molecule has 0 aromatic carbocycles. The van der Waals surface area contributed by atoms with Gasteiger partial charge in [0.2, 0.25) is 5.91 Å². The van der Waals surface area contributed by atoms with E-state index in [1.807, 2.05) is 0 Å². The zero-order valence-electron chi connectivity index (χ0n) is 11.3. The van der Waals surface area contributed by atoms with Crippen LogP contribution in [-0.2, 0) is 4.79 Å². The summed E-state index contributed by atoms with van der Waals surface area (Å²) in [7, 11) is 0. The normalized spacial score (nSPS) is 10.2. The number of nitrogens with one attached hydrogen (secondary N) is 2. The number of carbonyl (C=O) groups excluding carboxylic acids is 2. The lowest BCUT2D eigenvalue weighted by Crippen LogP contribution is -2.36. The SMILES string of the molecule is CC(C)C(=O)NCCNC(=O)c1ccnc(C(=O)O)c1. The molecule has 0 unspecified atom stereocenters. The maximum Gasteiger partial charge on any atom is 0.354 e. The van der Waals surface area contributed by atoms with Gasteiger partial charge in [-0.15, -0.1) is 0 Å². The van der Waals surface area contributed by atoms with Crippen molar-refractivity contribution in [2.75, 3.05) is 13.1 Å². The number of rotatable bonds is 6. The summed E-state index contributed by atoms with van der Waals surface area (Å²) < 4.78 is 0. The van der Waals surface area contributed by atoms with E-state index in [1.165, 1.54) is 18.3 Å². The minimum absolute atomic E-state index is 0.0867. The number of hydrogen-bond donors (Lipinski definition) is 3. The molecule has 7 nitrogen and oxygen atoms in total. The predicted molar refractivity (Wildman–Crippen MR) is 71.4 cm³/mol. The average molecular weight is 279 g/mol. The number of carboxylic acids is 1. The van der Waals surface area contributed by atoms with Crippen LogP contribution in [0, 0.1) is 5.92 Å². The number of nitrogens with zero attached hydrogens (tertiary/aromatic N) is 1. The largest absolute Gasteiger partial charge is 0.477 e. The maximum atomic E-state index is 11.8. The first-order valence-electron chi connectivity index (χ1n) is 6.17. The van der Waals surface area contributed by atoms with Crippen molar-refractivity contribution in [2.24, 2.45) is 5.92 Å². The van der Waals surface area contributed by atoms with Gasteiger partial charge in [0.05, 0.1) is 0 Å². The van der Waals surface area contributed by atoms with Crippen molar-refractivity contribution in [3.05, 3.63) is 29.6 Å². The summed E-state index contributed by atoms with van der Waals surface area (Å²) in [6, 6.07) is 2.62. The van der Waals surface area contributed by atoms with E-state index in [0.29, 0.717) is 6.54 Å². The highest BCUT2D eigenvalue weighted by Crippen LogP contribution is 2.01. The van der Waals surface area contributed by atoms with Crippen molar-refractivity contribution in [3.63, 3.8) is 0 Å². The van der Waals surface area contributed by atoms with Crippen molar-refractivity contribution >= 4 is 17.8 Å². The molecule has 0 aliphatic rings. The smallest absolute Gasteiger partial charge is 0.354 e. The van der Waals surface area contributed by atoms with Crippen LogP contribution in [0.25, 0.3) is 0 Å². The molecule has 0 atom stereocenters. The lowest BCUT2D eigenvalue weighted by Gasteiger charge is -2.08. The summed E-state index contributed by atoms with van der Waals surface area (Å²) in [6.07, 6.45) is 1.26. The molecule has 20 heavy (non-hydrogen) atoms. The second-order valence-electron chi connectivity index (χ2n) is 4.44. The summed E-state index contributed by atoms with van der Waals surface area (Å²) in [5.41, 5.74) is 0.0262. The third-order valence-electron chi connectivity index (χ3n) is 2.48. The number of pyridine rings is 1. The van der Waals surface area contributed by atoms with Crippen LogP contribution in [0.1, 0.15) is 34.7 Å². The number of carboxylic acid groups (broad SMARTS) is 1. The second-order valence-corrected chi connectivity index (χ2v) is 4.44. The summed E-state index contributed by atoms with van der Waals surface area (Å²) in [4.78, 5) is 37.4. The van der Waals surface area contributed by atoms with E-state index in [-0.39, 0.29) is 29.6 Å². The Morgan fingerprint density at radius 2 is 1.90 bits per heavy atom. The number of hydrogen-bond acceptors (Lipinski definition) is 4. The van der Waals surface area contributed by atoms with Crippen LogP contribution < -0.4 is 10.6 Å². The molecule has 3 N–H and O–H groups in total. The fourth-order valence-corrected chi connectivity index (χ4v) is 1.36. The minimum atomic E-state index is -1.19. The Bertz CT molecular complexity index is 514. The Balaban J connectivity index is 2.45. The van der Waals surface area contributed by atoms with Gasteiger partial charge in [-0.25, -0.2) is 9.78 Å². The lowest BCUT2D eigenvalue weighted by molar-refractivity contribution is -0.123. The molecular weight excluding hydrogens is 262 g/mol.